The summed E-state index contributed by atoms with van der Waals surface area (Å²) in [4.78, 5) is 5.05. The Kier molecular flexibility index (Phi) is 5.89. The lowest BCUT2D eigenvalue weighted by molar-refractivity contribution is 0.132. The largest absolute Gasteiger partial charge is 0.472 e. The van der Waals surface area contributed by atoms with Gasteiger partial charge in [0.1, 0.15) is 0 Å². The average molecular weight is 265 g/mol. The molecule has 2 heterocycles. The second kappa shape index (κ2) is 7.68. The zero-order valence-corrected chi connectivity index (χ0v) is 12.3. The molecule has 0 spiro atoms. The van der Waals surface area contributed by atoms with Gasteiger partial charge in [-0.05, 0) is 45.6 Å². The molecule has 4 nitrogen and oxygen atoms in total. The molecular formula is C15H27N3O. The van der Waals surface area contributed by atoms with E-state index in [9.17, 15) is 0 Å². The summed E-state index contributed by atoms with van der Waals surface area (Å²) in [5.74, 6) is 0. The second-order valence-electron chi connectivity index (χ2n) is 5.45. The topological polar surface area (TPSA) is 31.6 Å². The summed E-state index contributed by atoms with van der Waals surface area (Å²) in [7, 11) is 2.26. The molecule has 0 aliphatic carbocycles. The maximum absolute atomic E-state index is 5.05. The first kappa shape index (κ1) is 14.6. The number of piperidine rings is 1. The Bertz CT molecular complexity index is 331. The first-order valence-electron chi connectivity index (χ1n) is 7.44. The fourth-order valence-corrected chi connectivity index (χ4v) is 2.74. The fraction of sp³-hybridized carbons (Fsp3) is 0.733. The van der Waals surface area contributed by atoms with Gasteiger partial charge in [0.05, 0.1) is 12.5 Å². The molecule has 1 saturated heterocycles. The Balaban J connectivity index is 1.58. The van der Waals surface area contributed by atoms with Gasteiger partial charge in [0.2, 0.25) is 0 Å². The SMILES string of the molecule is CCN1CCC(N(C)CCNCc2ccoc2)CC1. The van der Waals surface area contributed by atoms with Gasteiger partial charge in [0.25, 0.3) is 0 Å². The predicted octanol–water partition coefficient (Wildman–Crippen LogP) is 1.79. The van der Waals surface area contributed by atoms with Crippen molar-refractivity contribution < 1.29 is 4.42 Å². The van der Waals surface area contributed by atoms with Crippen LogP contribution in [0.25, 0.3) is 0 Å². The van der Waals surface area contributed by atoms with Gasteiger partial charge >= 0.3 is 0 Å². The number of likely N-dealkylation sites (tertiary alicyclic amines) is 1. The number of furan rings is 1. The Morgan fingerprint density at radius 3 is 2.84 bits per heavy atom. The van der Waals surface area contributed by atoms with E-state index >= 15 is 0 Å². The number of nitrogens with one attached hydrogen (secondary N) is 1. The Morgan fingerprint density at radius 1 is 1.42 bits per heavy atom. The summed E-state index contributed by atoms with van der Waals surface area (Å²) in [5.41, 5.74) is 1.22. The Hall–Kier alpha value is -0.840. The molecule has 19 heavy (non-hydrogen) atoms. The summed E-state index contributed by atoms with van der Waals surface area (Å²) >= 11 is 0. The van der Waals surface area contributed by atoms with E-state index in [0.717, 1.165) is 25.7 Å². The monoisotopic (exact) mass is 265 g/mol. The van der Waals surface area contributed by atoms with Crippen LogP contribution in [-0.4, -0.2) is 55.6 Å². The van der Waals surface area contributed by atoms with Gasteiger partial charge in [-0.3, -0.25) is 0 Å². The van der Waals surface area contributed by atoms with Gasteiger partial charge in [0, 0.05) is 31.2 Å². The van der Waals surface area contributed by atoms with Gasteiger partial charge in [0.15, 0.2) is 0 Å². The van der Waals surface area contributed by atoms with Crippen LogP contribution in [-0.2, 0) is 6.54 Å². The van der Waals surface area contributed by atoms with Gasteiger partial charge in [-0.1, -0.05) is 6.92 Å². The average Bonchev–Trinajstić information content (AvgIpc) is 2.96. The first-order chi connectivity index (χ1) is 9.29. The van der Waals surface area contributed by atoms with Crippen LogP contribution < -0.4 is 5.32 Å². The van der Waals surface area contributed by atoms with Crippen LogP contribution in [0.15, 0.2) is 23.0 Å². The Labute approximate surface area is 116 Å². The second-order valence-corrected chi connectivity index (χ2v) is 5.45. The van der Waals surface area contributed by atoms with E-state index in [1.165, 1.54) is 38.0 Å². The van der Waals surface area contributed by atoms with Crippen molar-refractivity contribution >= 4 is 0 Å². The molecule has 4 heteroatoms. The molecule has 1 aliphatic rings. The molecule has 1 aromatic rings. The van der Waals surface area contributed by atoms with Crippen molar-refractivity contribution in [2.45, 2.75) is 32.4 Å². The summed E-state index contributed by atoms with van der Waals surface area (Å²) in [5, 5.41) is 3.47. The highest BCUT2D eigenvalue weighted by Crippen LogP contribution is 2.14. The van der Waals surface area contributed by atoms with Crippen molar-refractivity contribution in [1.29, 1.82) is 0 Å². The number of rotatable bonds is 7. The molecule has 0 aromatic carbocycles. The van der Waals surface area contributed by atoms with Crippen LogP contribution in [0.5, 0.6) is 0 Å². The molecular weight excluding hydrogens is 238 g/mol. The normalized spacial score (nSPS) is 18.3. The van der Waals surface area contributed by atoms with Crippen LogP contribution in [0, 0.1) is 0 Å². The summed E-state index contributed by atoms with van der Waals surface area (Å²) in [6.45, 7) is 9.03. The van der Waals surface area contributed by atoms with Crippen molar-refractivity contribution in [2.24, 2.45) is 0 Å². The highest BCUT2D eigenvalue weighted by Gasteiger charge is 2.20. The Morgan fingerprint density at radius 2 is 2.21 bits per heavy atom. The van der Waals surface area contributed by atoms with E-state index in [4.69, 9.17) is 4.42 Å². The number of nitrogens with zero attached hydrogens (tertiary/aromatic N) is 2. The van der Waals surface area contributed by atoms with Crippen LogP contribution >= 0.6 is 0 Å². The lowest BCUT2D eigenvalue weighted by Gasteiger charge is -2.36. The van der Waals surface area contributed by atoms with E-state index in [-0.39, 0.29) is 0 Å². The van der Waals surface area contributed by atoms with Crippen LogP contribution in [0.3, 0.4) is 0 Å². The molecule has 0 bridgehead atoms. The van der Waals surface area contributed by atoms with Gasteiger partial charge in [-0.25, -0.2) is 0 Å². The minimum absolute atomic E-state index is 0.763. The molecule has 0 atom stereocenters. The maximum Gasteiger partial charge on any atom is 0.0947 e. The minimum Gasteiger partial charge on any atom is -0.472 e. The zero-order chi connectivity index (χ0) is 13.5. The lowest BCUT2D eigenvalue weighted by atomic mass is 10.0. The van der Waals surface area contributed by atoms with Crippen LogP contribution in [0.2, 0.25) is 0 Å². The van der Waals surface area contributed by atoms with E-state index < -0.39 is 0 Å². The lowest BCUT2D eigenvalue weighted by Crippen LogP contribution is -2.44. The molecule has 1 fully saturated rings. The van der Waals surface area contributed by atoms with E-state index in [0.29, 0.717) is 0 Å². The molecule has 0 unspecified atom stereocenters. The molecule has 0 radical (unpaired) electrons. The molecule has 0 amide bonds. The number of hydrogen-bond acceptors (Lipinski definition) is 4. The number of hydrogen-bond donors (Lipinski definition) is 1. The van der Waals surface area contributed by atoms with Crippen LogP contribution in [0.4, 0.5) is 0 Å². The highest BCUT2D eigenvalue weighted by atomic mass is 16.3. The quantitative estimate of drug-likeness (QED) is 0.762. The smallest absolute Gasteiger partial charge is 0.0947 e. The van der Waals surface area contributed by atoms with Gasteiger partial charge < -0.3 is 19.5 Å². The number of likely N-dealkylation sites (N-methyl/N-ethyl adjacent to an activating group) is 1. The molecule has 1 aromatic heterocycles. The van der Waals surface area contributed by atoms with Crippen LogP contribution in [0.1, 0.15) is 25.3 Å². The standard InChI is InChI=1S/C15H27N3O/c1-3-18-8-4-15(5-9-18)17(2)10-7-16-12-14-6-11-19-13-14/h6,11,13,15-16H,3-5,7-10,12H2,1-2H3. The van der Waals surface area contributed by atoms with E-state index in [1.807, 2.05) is 6.07 Å². The molecule has 1 aliphatic heterocycles. The van der Waals surface area contributed by atoms with Crippen molar-refractivity contribution in [2.75, 3.05) is 39.8 Å². The third-order valence-corrected chi connectivity index (χ3v) is 4.18. The zero-order valence-electron chi connectivity index (χ0n) is 12.3. The summed E-state index contributed by atoms with van der Waals surface area (Å²) in [6, 6.07) is 2.77. The van der Waals surface area contributed by atoms with Crippen molar-refractivity contribution in [1.82, 2.24) is 15.1 Å². The summed E-state index contributed by atoms with van der Waals surface area (Å²) < 4.78 is 5.05. The van der Waals surface area contributed by atoms with Gasteiger partial charge in [-0.15, -0.1) is 0 Å². The first-order valence-corrected chi connectivity index (χ1v) is 7.44. The van der Waals surface area contributed by atoms with Crippen molar-refractivity contribution in [3.63, 3.8) is 0 Å². The molecule has 2 rings (SSSR count). The summed E-state index contributed by atoms with van der Waals surface area (Å²) in [6.07, 6.45) is 6.15. The van der Waals surface area contributed by atoms with Gasteiger partial charge in [-0.2, -0.15) is 0 Å². The third-order valence-electron chi connectivity index (χ3n) is 4.18. The molecule has 108 valence electrons. The third kappa shape index (κ3) is 4.64. The van der Waals surface area contributed by atoms with E-state index in [1.54, 1.807) is 12.5 Å². The molecule has 1 N–H and O–H groups in total. The highest BCUT2D eigenvalue weighted by molar-refractivity contribution is 5.04. The maximum atomic E-state index is 5.05. The fourth-order valence-electron chi connectivity index (χ4n) is 2.74. The van der Waals surface area contributed by atoms with E-state index in [2.05, 4.69) is 29.1 Å². The van der Waals surface area contributed by atoms with Crippen molar-refractivity contribution in [3.05, 3.63) is 24.2 Å². The molecule has 0 saturated carbocycles. The predicted molar refractivity (Wildman–Crippen MR) is 78.2 cm³/mol. The minimum atomic E-state index is 0.763. The van der Waals surface area contributed by atoms with Crippen molar-refractivity contribution in [3.8, 4) is 0 Å².